The molecule has 0 unspecified atom stereocenters. The summed E-state index contributed by atoms with van der Waals surface area (Å²) < 4.78 is 8.07. The molecule has 6 heteroatoms. The summed E-state index contributed by atoms with van der Waals surface area (Å²) in [5, 5.41) is 1.77. The molecule has 5 nitrogen and oxygen atoms in total. The minimum atomic E-state index is 0.150. The molecule has 0 spiro atoms. The van der Waals surface area contributed by atoms with E-state index < -0.39 is 0 Å². The number of ether oxygens (including phenoxy) is 1. The maximum absolute atomic E-state index is 6.12. The van der Waals surface area contributed by atoms with Gasteiger partial charge in [-0.25, -0.2) is 9.97 Å². The van der Waals surface area contributed by atoms with E-state index in [1.54, 1.807) is 6.33 Å². The van der Waals surface area contributed by atoms with Crippen LogP contribution in [0.15, 0.2) is 67.1 Å². The van der Waals surface area contributed by atoms with Crippen molar-refractivity contribution in [3.05, 3.63) is 72.1 Å². The highest BCUT2D eigenvalue weighted by molar-refractivity contribution is 6.30. The van der Waals surface area contributed by atoms with E-state index in [9.17, 15) is 0 Å². The standard InChI is InChI=1S/C24H23ClN4O/c1-16-12-28(13-17(2)30-16)23-22-21(18-6-4-3-5-7-18)14-29(24(22)27-15-26-23)20-10-8-19(25)9-11-20/h3-11,14-17H,12-13H2,1-2H3/t16-,17-/m1/s1. The Morgan fingerprint density at radius 2 is 1.63 bits per heavy atom. The molecule has 2 aromatic carbocycles. The first-order valence-corrected chi connectivity index (χ1v) is 10.6. The molecule has 1 saturated heterocycles. The predicted octanol–water partition coefficient (Wildman–Crippen LogP) is 5.35. The van der Waals surface area contributed by atoms with Crippen molar-refractivity contribution in [3.8, 4) is 16.8 Å². The number of anilines is 1. The van der Waals surface area contributed by atoms with E-state index >= 15 is 0 Å². The molecule has 152 valence electrons. The summed E-state index contributed by atoms with van der Waals surface area (Å²) in [5.74, 6) is 0.952. The van der Waals surface area contributed by atoms with E-state index in [0.717, 1.165) is 46.8 Å². The van der Waals surface area contributed by atoms with E-state index in [4.69, 9.17) is 21.3 Å². The highest BCUT2D eigenvalue weighted by Gasteiger charge is 2.27. The second kappa shape index (κ2) is 7.74. The molecule has 0 amide bonds. The first-order valence-electron chi connectivity index (χ1n) is 10.2. The number of benzene rings is 2. The second-order valence-corrected chi connectivity index (χ2v) is 8.25. The zero-order valence-electron chi connectivity index (χ0n) is 17.0. The van der Waals surface area contributed by atoms with Crippen molar-refractivity contribution in [2.24, 2.45) is 0 Å². The summed E-state index contributed by atoms with van der Waals surface area (Å²) in [6, 6.07) is 18.2. The molecule has 1 aliphatic heterocycles. The van der Waals surface area contributed by atoms with Gasteiger partial charge < -0.3 is 14.2 Å². The van der Waals surface area contributed by atoms with Crippen molar-refractivity contribution >= 4 is 28.5 Å². The molecule has 1 aliphatic rings. The topological polar surface area (TPSA) is 43.2 Å². The van der Waals surface area contributed by atoms with Crippen LogP contribution in [0, 0.1) is 0 Å². The van der Waals surface area contributed by atoms with E-state index in [0.29, 0.717) is 5.02 Å². The fraction of sp³-hybridized carbons (Fsp3) is 0.250. The van der Waals surface area contributed by atoms with Crippen molar-refractivity contribution < 1.29 is 4.74 Å². The lowest BCUT2D eigenvalue weighted by Gasteiger charge is -2.36. The van der Waals surface area contributed by atoms with Gasteiger partial charge in [-0.1, -0.05) is 41.9 Å². The summed E-state index contributed by atoms with van der Waals surface area (Å²) in [6.07, 6.45) is 4.10. The smallest absolute Gasteiger partial charge is 0.150 e. The van der Waals surface area contributed by atoms with Crippen LogP contribution in [-0.4, -0.2) is 39.8 Å². The lowest BCUT2D eigenvalue weighted by molar-refractivity contribution is -0.00537. The summed E-state index contributed by atoms with van der Waals surface area (Å²) in [4.78, 5) is 11.7. The van der Waals surface area contributed by atoms with Crippen molar-refractivity contribution in [1.82, 2.24) is 14.5 Å². The van der Waals surface area contributed by atoms with Gasteiger partial charge in [-0.15, -0.1) is 0 Å². The van der Waals surface area contributed by atoms with Crippen LogP contribution in [0.25, 0.3) is 27.8 Å². The average molecular weight is 419 g/mol. The monoisotopic (exact) mass is 418 g/mol. The number of halogens is 1. The number of nitrogens with zero attached hydrogens (tertiary/aromatic N) is 4. The third-order valence-electron chi connectivity index (χ3n) is 5.47. The fourth-order valence-corrected chi connectivity index (χ4v) is 4.40. The Balaban J connectivity index is 1.75. The van der Waals surface area contributed by atoms with Gasteiger partial charge in [-0.2, -0.15) is 0 Å². The number of fused-ring (bicyclic) bond motifs is 1. The van der Waals surface area contributed by atoms with Gasteiger partial charge in [0.15, 0.2) is 5.65 Å². The molecule has 3 heterocycles. The van der Waals surface area contributed by atoms with Gasteiger partial charge in [0, 0.05) is 35.6 Å². The Morgan fingerprint density at radius 3 is 2.33 bits per heavy atom. The van der Waals surface area contributed by atoms with E-state index in [1.807, 2.05) is 30.3 Å². The van der Waals surface area contributed by atoms with Crippen LogP contribution in [0.2, 0.25) is 5.02 Å². The normalized spacial score (nSPS) is 19.4. The molecule has 5 rings (SSSR count). The van der Waals surface area contributed by atoms with Crippen LogP contribution >= 0.6 is 11.6 Å². The first-order chi connectivity index (χ1) is 14.6. The molecule has 1 fully saturated rings. The van der Waals surface area contributed by atoms with Crippen molar-refractivity contribution in [2.45, 2.75) is 26.1 Å². The van der Waals surface area contributed by atoms with Crippen LogP contribution in [0.4, 0.5) is 5.82 Å². The number of rotatable bonds is 3. The third-order valence-corrected chi connectivity index (χ3v) is 5.72. The molecule has 0 bridgehead atoms. The zero-order chi connectivity index (χ0) is 20.7. The third kappa shape index (κ3) is 3.44. The molecular formula is C24H23ClN4O. The Labute approximate surface area is 180 Å². The van der Waals surface area contributed by atoms with Crippen LogP contribution < -0.4 is 4.90 Å². The molecule has 0 saturated carbocycles. The first kappa shape index (κ1) is 19.1. The fourth-order valence-electron chi connectivity index (χ4n) is 4.27. The Morgan fingerprint density at radius 1 is 0.933 bits per heavy atom. The molecular weight excluding hydrogens is 396 g/mol. The van der Waals surface area contributed by atoms with Crippen molar-refractivity contribution in [3.63, 3.8) is 0 Å². The largest absolute Gasteiger partial charge is 0.372 e. The summed E-state index contributed by atoms with van der Waals surface area (Å²) in [6.45, 7) is 5.82. The predicted molar refractivity (Wildman–Crippen MR) is 122 cm³/mol. The SMILES string of the molecule is C[C@@H]1CN(c2ncnc3c2c(-c2ccccc2)cn3-c2ccc(Cl)cc2)C[C@@H](C)O1. The van der Waals surface area contributed by atoms with Gasteiger partial charge in [0.2, 0.25) is 0 Å². The van der Waals surface area contributed by atoms with Gasteiger partial charge >= 0.3 is 0 Å². The highest BCUT2D eigenvalue weighted by Crippen LogP contribution is 2.37. The van der Waals surface area contributed by atoms with Crippen LogP contribution in [0.1, 0.15) is 13.8 Å². The van der Waals surface area contributed by atoms with E-state index in [1.165, 1.54) is 0 Å². The Kier molecular flexibility index (Phi) is 4.93. The number of aromatic nitrogens is 3. The lowest BCUT2D eigenvalue weighted by Crippen LogP contribution is -2.46. The number of hydrogen-bond acceptors (Lipinski definition) is 4. The second-order valence-electron chi connectivity index (χ2n) is 7.81. The van der Waals surface area contributed by atoms with Gasteiger partial charge in [0.05, 0.1) is 17.6 Å². The minimum absolute atomic E-state index is 0.150. The number of hydrogen-bond donors (Lipinski definition) is 0. The van der Waals surface area contributed by atoms with Gasteiger partial charge in [0.25, 0.3) is 0 Å². The van der Waals surface area contributed by atoms with E-state index in [-0.39, 0.29) is 12.2 Å². The molecule has 0 radical (unpaired) electrons. The quantitative estimate of drug-likeness (QED) is 0.449. The molecule has 0 N–H and O–H groups in total. The molecule has 4 aromatic rings. The molecule has 30 heavy (non-hydrogen) atoms. The van der Waals surface area contributed by atoms with Crippen molar-refractivity contribution in [1.29, 1.82) is 0 Å². The maximum Gasteiger partial charge on any atom is 0.150 e. The Hall–Kier alpha value is -2.89. The molecule has 2 aromatic heterocycles. The van der Waals surface area contributed by atoms with Crippen LogP contribution in [0.5, 0.6) is 0 Å². The lowest BCUT2D eigenvalue weighted by atomic mass is 10.1. The zero-order valence-corrected chi connectivity index (χ0v) is 17.8. The van der Waals surface area contributed by atoms with Crippen LogP contribution in [-0.2, 0) is 4.74 Å². The minimum Gasteiger partial charge on any atom is -0.372 e. The average Bonchev–Trinajstić information content (AvgIpc) is 3.14. The van der Waals surface area contributed by atoms with Crippen molar-refractivity contribution in [2.75, 3.05) is 18.0 Å². The summed E-state index contributed by atoms with van der Waals surface area (Å²) in [7, 11) is 0. The molecule has 2 atom stereocenters. The summed E-state index contributed by atoms with van der Waals surface area (Å²) in [5.41, 5.74) is 4.15. The highest BCUT2D eigenvalue weighted by atomic mass is 35.5. The Bertz CT molecular complexity index is 1160. The van der Waals surface area contributed by atoms with Gasteiger partial charge in [-0.05, 0) is 43.7 Å². The molecule has 0 aliphatic carbocycles. The number of morpholine rings is 1. The van der Waals surface area contributed by atoms with Gasteiger partial charge in [0.1, 0.15) is 12.1 Å². The summed E-state index contributed by atoms with van der Waals surface area (Å²) >= 11 is 6.12. The van der Waals surface area contributed by atoms with Gasteiger partial charge in [-0.3, -0.25) is 0 Å². The van der Waals surface area contributed by atoms with E-state index in [2.05, 4.69) is 58.8 Å². The van der Waals surface area contributed by atoms with Crippen LogP contribution in [0.3, 0.4) is 0 Å². The maximum atomic E-state index is 6.12.